The Hall–Kier alpha value is -1.14. The largest absolute Gasteiger partial charge is 0.481 e. The molecule has 108 valence electrons. The van der Waals surface area contributed by atoms with Crippen LogP contribution in [-0.4, -0.2) is 60.8 Å². The third-order valence-corrected chi connectivity index (χ3v) is 3.93. The van der Waals surface area contributed by atoms with Crippen molar-refractivity contribution in [2.45, 2.75) is 31.7 Å². The van der Waals surface area contributed by atoms with Crippen LogP contribution in [0.5, 0.6) is 0 Å². The van der Waals surface area contributed by atoms with Crippen LogP contribution in [0.25, 0.3) is 0 Å². The lowest BCUT2D eigenvalue weighted by Gasteiger charge is -2.30. The molecule has 0 aromatic heterocycles. The number of morpholine rings is 1. The summed E-state index contributed by atoms with van der Waals surface area (Å²) in [6, 6.07) is 0.153. The zero-order valence-electron chi connectivity index (χ0n) is 11.1. The fraction of sp³-hybridized carbons (Fsp3) is 0.846. The molecule has 2 unspecified atom stereocenters. The number of rotatable bonds is 4. The average Bonchev–Trinajstić information content (AvgIpc) is 2.46. The van der Waals surface area contributed by atoms with Crippen LogP contribution in [-0.2, 0) is 14.3 Å². The fourth-order valence-corrected chi connectivity index (χ4v) is 2.76. The molecule has 2 fully saturated rings. The normalized spacial score (nSPS) is 28.1. The molecule has 6 heteroatoms. The highest BCUT2D eigenvalue weighted by atomic mass is 16.5. The van der Waals surface area contributed by atoms with Crippen molar-refractivity contribution in [1.29, 1.82) is 0 Å². The Kier molecular flexibility index (Phi) is 5.15. The summed E-state index contributed by atoms with van der Waals surface area (Å²) in [6.07, 6.45) is 3.26. The molecule has 1 aliphatic heterocycles. The SMILES string of the molecule is O=C(O)C1CCCC(NCC(=O)N2CCOCC2)C1. The van der Waals surface area contributed by atoms with Gasteiger partial charge in [-0.1, -0.05) is 6.42 Å². The molecular weight excluding hydrogens is 248 g/mol. The number of amides is 1. The van der Waals surface area contributed by atoms with E-state index in [1.54, 1.807) is 4.90 Å². The molecule has 1 amide bonds. The minimum Gasteiger partial charge on any atom is -0.481 e. The molecule has 1 heterocycles. The topological polar surface area (TPSA) is 78.9 Å². The number of ether oxygens (including phenoxy) is 1. The van der Waals surface area contributed by atoms with E-state index >= 15 is 0 Å². The Balaban J connectivity index is 1.72. The van der Waals surface area contributed by atoms with Crippen molar-refractivity contribution in [3.63, 3.8) is 0 Å². The van der Waals surface area contributed by atoms with Gasteiger partial charge in [-0.15, -0.1) is 0 Å². The second-order valence-electron chi connectivity index (χ2n) is 5.27. The number of aliphatic carboxylic acids is 1. The van der Waals surface area contributed by atoms with Crippen LogP contribution >= 0.6 is 0 Å². The van der Waals surface area contributed by atoms with Gasteiger partial charge in [0.05, 0.1) is 25.7 Å². The van der Waals surface area contributed by atoms with Gasteiger partial charge >= 0.3 is 5.97 Å². The van der Waals surface area contributed by atoms with Crippen LogP contribution in [0.4, 0.5) is 0 Å². The molecule has 1 saturated heterocycles. The first kappa shape index (κ1) is 14.3. The molecule has 6 nitrogen and oxygen atoms in total. The quantitative estimate of drug-likeness (QED) is 0.756. The monoisotopic (exact) mass is 270 g/mol. The van der Waals surface area contributed by atoms with Gasteiger partial charge in [0.25, 0.3) is 0 Å². The lowest BCUT2D eigenvalue weighted by atomic mass is 9.86. The van der Waals surface area contributed by atoms with Gasteiger partial charge < -0.3 is 20.1 Å². The van der Waals surface area contributed by atoms with E-state index in [0.29, 0.717) is 39.3 Å². The summed E-state index contributed by atoms with van der Waals surface area (Å²) in [5.41, 5.74) is 0. The number of nitrogens with zero attached hydrogens (tertiary/aromatic N) is 1. The molecule has 2 aliphatic rings. The highest BCUT2D eigenvalue weighted by Crippen LogP contribution is 2.24. The van der Waals surface area contributed by atoms with Crippen molar-refractivity contribution in [1.82, 2.24) is 10.2 Å². The van der Waals surface area contributed by atoms with E-state index in [-0.39, 0.29) is 17.9 Å². The van der Waals surface area contributed by atoms with Crippen molar-refractivity contribution in [2.24, 2.45) is 5.92 Å². The van der Waals surface area contributed by atoms with Crippen molar-refractivity contribution < 1.29 is 19.4 Å². The Bertz CT molecular complexity index is 329. The molecule has 2 atom stereocenters. The van der Waals surface area contributed by atoms with E-state index in [0.717, 1.165) is 19.3 Å². The maximum Gasteiger partial charge on any atom is 0.306 e. The third-order valence-electron chi connectivity index (χ3n) is 3.93. The molecule has 19 heavy (non-hydrogen) atoms. The minimum absolute atomic E-state index is 0.0840. The van der Waals surface area contributed by atoms with Gasteiger partial charge in [0.2, 0.25) is 5.91 Å². The van der Waals surface area contributed by atoms with Gasteiger partial charge in [0, 0.05) is 19.1 Å². The van der Waals surface area contributed by atoms with Gasteiger partial charge in [-0.3, -0.25) is 9.59 Å². The van der Waals surface area contributed by atoms with Crippen LogP contribution in [0.3, 0.4) is 0 Å². The standard InChI is InChI=1S/C13H22N2O4/c16-12(15-4-6-19-7-5-15)9-14-11-3-1-2-10(8-11)13(17)18/h10-11,14H,1-9H2,(H,17,18). The molecule has 0 aromatic rings. The zero-order valence-corrected chi connectivity index (χ0v) is 11.1. The highest BCUT2D eigenvalue weighted by molar-refractivity contribution is 5.78. The maximum atomic E-state index is 11.9. The Morgan fingerprint density at radius 2 is 2.00 bits per heavy atom. The van der Waals surface area contributed by atoms with Gasteiger partial charge in [-0.2, -0.15) is 0 Å². The van der Waals surface area contributed by atoms with Gasteiger partial charge in [0.1, 0.15) is 0 Å². The second kappa shape index (κ2) is 6.86. The predicted octanol–water partition coefficient (Wildman–Crippen LogP) is 0.0782. The highest BCUT2D eigenvalue weighted by Gasteiger charge is 2.27. The number of carbonyl (C=O) groups excluding carboxylic acids is 1. The molecule has 0 bridgehead atoms. The van der Waals surface area contributed by atoms with Crippen LogP contribution in [0.1, 0.15) is 25.7 Å². The van der Waals surface area contributed by atoms with E-state index < -0.39 is 5.97 Å². The lowest BCUT2D eigenvalue weighted by molar-refractivity contribution is -0.143. The van der Waals surface area contributed by atoms with Gasteiger partial charge in [0.15, 0.2) is 0 Å². The van der Waals surface area contributed by atoms with Crippen molar-refractivity contribution in [3.05, 3.63) is 0 Å². The molecule has 1 saturated carbocycles. The number of hydrogen-bond donors (Lipinski definition) is 2. The number of hydrogen-bond acceptors (Lipinski definition) is 4. The Morgan fingerprint density at radius 1 is 1.26 bits per heavy atom. The summed E-state index contributed by atoms with van der Waals surface area (Å²) in [7, 11) is 0. The molecule has 1 aliphatic carbocycles. The summed E-state index contributed by atoms with van der Waals surface area (Å²) in [4.78, 5) is 24.7. The molecule has 0 radical (unpaired) electrons. The van der Waals surface area contributed by atoms with Crippen LogP contribution < -0.4 is 5.32 Å². The first-order valence-corrected chi connectivity index (χ1v) is 6.98. The van der Waals surface area contributed by atoms with Crippen LogP contribution in [0, 0.1) is 5.92 Å². The van der Waals surface area contributed by atoms with Gasteiger partial charge in [-0.05, 0) is 19.3 Å². The first-order valence-electron chi connectivity index (χ1n) is 6.98. The van der Waals surface area contributed by atoms with E-state index in [1.807, 2.05) is 0 Å². The van der Waals surface area contributed by atoms with Gasteiger partial charge in [-0.25, -0.2) is 0 Å². The summed E-state index contributed by atoms with van der Waals surface area (Å²) in [5.74, 6) is -0.892. The van der Waals surface area contributed by atoms with E-state index in [9.17, 15) is 9.59 Å². The number of nitrogens with one attached hydrogen (secondary N) is 1. The smallest absolute Gasteiger partial charge is 0.306 e. The number of carboxylic acids is 1. The average molecular weight is 270 g/mol. The van der Waals surface area contributed by atoms with Crippen LogP contribution in [0.2, 0.25) is 0 Å². The third kappa shape index (κ3) is 4.18. The van der Waals surface area contributed by atoms with Crippen molar-refractivity contribution in [2.75, 3.05) is 32.8 Å². The van der Waals surface area contributed by atoms with E-state index in [1.165, 1.54) is 0 Å². The van der Waals surface area contributed by atoms with Crippen LogP contribution in [0.15, 0.2) is 0 Å². The number of carbonyl (C=O) groups is 2. The zero-order chi connectivity index (χ0) is 13.7. The predicted molar refractivity (Wildman–Crippen MR) is 68.8 cm³/mol. The Morgan fingerprint density at radius 3 is 2.68 bits per heavy atom. The molecule has 2 N–H and O–H groups in total. The second-order valence-corrected chi connectivity index (χ2v) is 5.27. The summed E-state index contributed by atoms with van der Waals surface area (Å²) in [6.45, 7) is 2.83. The van der Waals surface area contributed by atoms with Crippen molar-refractivity contribution >= 4 is 11.9 Å². The summed E-state index contributed by atoms with van der Waals surface area (Å²) >= 11 is 0. The summed E-state index contributed by atoms with van der Waals surface area (Å²) in [5, 5.41) is 12.2. The lowest BCUT2D eigenvalue weighted by Crippen LogP contribution is -2.47. The Labute approximate surface area is 113 Å². The molecule has 0 aromatic carbocycles. The molecule has 2 rings (SSSR count). The number of carboxylic acid groups (broad SMARTS) is 1. The summed E-state index contributed by atoms with van der Waals surface area (Å²) < 4.78 is 5.21. The molecule has 0 spiro atoms. The minimum atomic E-state index is -0.717. The van der Waals surface area contributed by atoms with E-state index in [4.69, 9.17) is 9.84 Å². The fourth-order valence-electron chi connectivity index (χ4n) is 2.76. The maximum absolute atomic E-state index is 11.9. The first-order chi connectivity index (χ1) is 9.16. The molecular formula is C13H22N2O4. The van der Waals surface area contributed by atoms with E-state index in [2.05, 4.69) is 5.32 Å². The van der Waals surface area contributed by atoms with Crippen molar-refractivity contribution in [3.8, 4) is 0 Å².